The Morgan fingerprint density at radius 1 is 1.04 bits per heavy atom. The third kappa shape index (κ3) is 6.15. The summed E-state index contributed by atoms with van der Waals surface area (Å²) in [6.45, 7) is 3.55. The molecular weight excluding hydrogens is 356 g/mol. The minimum Gasteiger partial charge on any atom is -0.355 e. The first-order valence-electron chi connectivity index (χ1n) is 8.12. The molecule has 1 heterocycles. The van der Waals surface area contributed by atoms with Crippen molar-refractivity contribution in [3.8, 4) is 0 Å². The number of benzene rings is 1. The molecule has 0 bridgehead atoms. The smallest absolute Gasteiger partial charge is 0.240 e. The fraction of sp³-hybridized carbons (Fsp3) is 0.353. The minimum atomic E-state index is -3.47. The van der Waals surface area contributed by atoms with Crippen LogP contribution >= 0.6 is 11.3 Å². The van der Waals surface area contributed by atoms with Crippen LogP contribution in [-0.2, 0) is 23.0 Å². The van der Waals surface area contributed by atoms with E-state index in [0.717, 1.165) is 6.42 Å². The van der Waals surface area contributed by atoms with Crippen LogP contribution in [0.4, 0.5) is 0 Å². The van der Waals surface area contributed by atoms with Gasteiger partial charge in [0.2, 0.25) is 10.0 Å². The van der Waals surface area contributed by atoms with E-state index in [9.17, 15) is 8.42 Å². The summed E-state index contributed by atoms with van der Waals surface area (Å²) < 4.78 is 26.8. The van der Waals surface area contributed by atoms with E-state index in [1.807, 2.05) is 0 Å². The van der Waals surface area contributed by atoms with Crippen molar-refractivity contribution >= 4 is 27.3 Å². The monoisotopic (exact) mass is 380 g/mol. The Morgan fingerprint density at radius 2 is 1.76 bits per heavy atom. The highest BCUT2D eigenvalue weighted by molar-refractivity contribution is 7.89. The number of thiophene rings is 1. The number of rotatable bonds is 8. The van der Waals surface area contributed by atoms with Crippen molar-refractivity contribution in [1.29, 1.82) is 0 Å². The summed E-state index contributed by atoms with van der Waals surface area (Å²) in [6.07, 6.45) is 1.04. The van der Waals surface area contributed by atoms with E-state index in [-0.39, 0.29) is 11.4 Å². The van der Waals surface area contributed by atoms with E-state index < -0.39 is 10.0 Å². The Bertz CT molecular complexity index is 786. The molecular formula is C17H24N4O2S2. The Balaban J connectivity index is 1.74. The molecule has 0 saturated heterocycles. The molecule has 0 atom stereocenters. The van der Waals surface area contributed by atoms with Crippen LogP contribution < -0.4 is 15.4 Å². The predicted octanol–water partition coefficient (Wildman–Crippen LogP) is 1.95. The predicted molar refractivity (Wildman–Crippen MR) is 104 cm³/mol. The standard InChI is InChI=1S/C17H24N4O2S2/c1-3-14-9-10-15(24-14)13-20-17(18-2)19-11-12-21-25(22,23)16-7-5-4-6-8-16/h4-10,21H,3,11-13H2,1-2H3,(H2,18,19,20). The highest BCUT2D eigenvalue weighted by Gasteiger charge is 2.12. The maximum atomic E-state index is 12.1. The number of hydrogen-bond acceptors (Lipinski definition) is 4. The van der Waals surface area contributed by atoms with Gasteiger partial charge < -0.3 is 10.6 Å². The number of hydrogen-bond donors (Lipinski definition) is 3. The first-order chi connectivity index (χ1) is 12.0. The number of aryl methyl sites for hydroxylation is 1. The Kier molecular flexibility index (Phi) is 7.42. The van der Waals surface area contributed by atoms with Crippen LogP contribution in [0.5, 0.6) is 0 Å². The van der Waals surface area contributed by atoms with Gasteiger partial charge in [-0.15, -0.1) is 11.3 Å². The Hall–Kier alpha value is -1.90. The van der Waals surface area contributed by atoms with E-state index in [0.29, 0.717) is 19.0 Å². The zero-order valence-electron chi connectivity index (χ0n) is 14.5. The van der Waals surface area contributed by atoms with Gasteiger partial charge in [0, 0.05) is 29.9 Å². The number of aliphatic imine (C=N–C) groups is 1. The molecule has 2 rings (SSSR count). The van der Waals surface area contributed by atoms with Crippen molar-refractivity contribution in [1.82, 2.24) is 15.4 Å². The first kappa shape index (κ1) is 19.4. The molecule has 1 aromatic heterocycles. The maximum absolute atomic E-state index is 12.1. The third-order valence-corrected chi connectivity index (χ3v) is 6.19. The van der Waals surface area contributed by atoms with Crippen LogP contribution in [0, 0.1) is 0 Å². The van der Waals surface area contributed by atoms with Gasteiger partial charge in [-0.25, -0.2) is 13.1 Å². The third-order valence-electron chi connectivity index (χ3n) is 3.48. The maximum Gasteiger partial charge on any atom is 0.240 e. The van der Waals surface area contributed by atoms with Crippen LogP contribution in [0.2, 0.25) is 0 Å². The van der Waals surface area contributed by atoms with E-state index in [4.69, 9.17) is 0 Å². The first-order valence-corrected chi connectivity index (χ1v) is 10.4. The molecule has 1 aromatic carbocycles. The average Bonchev–Trinajstić information content (AvgIpc) is 3.10. The van der Waals surface area contributed by atoms with Gasteiger partial charge in [-0.1, -0.05) is 25.1 Å². The Labute approximate surface area is 153 Å². The second-order valence-corrected chi connectivity index (χ2v) is 8.30. The molecule has 3 N–H and O–H groups in total. The van der Waals surface area contributed by atoms with E-state index in [2.05, 4.69) is 39.4 Å². The quantitative estimate of drug-likeness (QED) is 0.371. The van der Waals surface area contributed by atoms with Gasteiger partial charge in [0.05, 0.1) is 11.4 Å². The molecule has 0 fully saturated rings. The molecule has 8 heteroatoms. The van der Waals surface area contributed by atoms with E-state index in [1.54, 1.807) is 48.7 Å². The SMILES string of the molecule is CCc1ccc(CNC(=NC)NCCNS(=O)(=O)c2ccccc2)s1. The van der Waals surface area contributed by atoms with Crippen molar-refractivity contribution < 1.29 is 8.42 Å². The highest BCUT2D eigenvalue weighted by atomic mass is 32.2. The molecule has 136 valence electrons. The second kappa shape index (κ2) is 9.55. The number of sulfonamides is 1. The van der Waals surface area contributed by atoms with Crippen molar-refractivity contribution in [2.45, 2.75) is 24.8 Å². The van der Waals surface area contributed by atoms with Crippen LogP contribution in [0.25, 0.3) is 0 Å². The van der Waals surface area contributed by atoms with Crippen LogP contribution in [0.3, 0.4) is 0 Å². The van der Waals surface area contributed by atoms with Crippen molar-refractivity contribution in [2.24, 2.45) is 4.99 Å². The number of nitrogens with one attached hydrogen (secondary N) is 3. The normalized spacial score (nSPS) is 12.2. The average molecular weight is 381 g/mol. The van der Waals surface area contributed by atoms with E-state index >= 15 is 0 Å². The van der Waals surface area contributed by atoms with Crippen LogP contribution in [-0.4, -0.2) is 34.5 Å². The van der Waals surface area contributed by atoms with Crippen molar-refractivity contribution in [3.05, 3.63) is 52.2 Å². The molecule has 0 saturated carbocycles. The molecule has 0 radical (unpaired) electrons. The largest absolute Gasteiger partial charge is 0.355 e. The summed E-state index contributed by atoms with van der Waals surface area (Å²) in [5, 5.41) is 6.33. The number of nitrogens with zero attached hydrogens (tertiary/aromatic N) is 1. The van der Waals surface area contributed by atoms with Crippen molar-refractivity contribution in [2.75, 3.05) is 20.1 Å². The lowest BCUT2D eigenvalue weighted by Crippen LogP contribution is -2.41. The minimum absolute atomic E-state index is 0.266. The molecule has 0 unspecified atom stereocenters. The highest BCUT2D eigenvalue weighted by Crippen LogP contribution is 2.16. The summed E-state index contributed by atoms with van der Waals surface area (Å²) >= 11 is 1.78. The van der Waals surface area contributed by atoms with Crippen LogP contribution in [0.15, 0.2) is 52.4 Å². The fourth-order valence-corrected chi connectivity index (χ4v) is 4.10. The zero-order chi connectivity index (χ0) is 18.1. The molecule has 0 spiro atoms. The van der Waals surface area contributed by atoms with Crippen molar-refractivity contribution in [3.63, 3.8) is 0 Å². The summed E-state index contributed by atoms with van der Waals surface area (Å²) in [5.74, 6) is 0.644. The van der Waals surface area contributed by atoms with Gasteiger partial charge in [0.1, 0.15) is 0 Å². The lowest BCUT2D eigenvalue weighted by atomic mass is 10.4. The molecule has 0 aliphatic rings. The zero-order valence-corrected chi connectivity index (χ0v) is 16.1. The van der Waals surface area contributed by atoms with Gasteiger partial charge in [-0.3, -0.25) is 4.99 Å². The summed E-state index contributed by atoms with van der Waals surface area (Å²) in [5.41, 5.74) is 0. The molecule has 0 aliphatic heterocycles. The molecule has 0 aliphatic carbocycles. The van der Waals surface area contributed by atoms with Gasteiger partial charge >= 0.3 is 0 Å². The molecule has 2 aromatic rings. The van der Waals surface area contributed by atoms with Crippen LogP contribution in [0.1, 0.15) is 16.7 Å². The van der Waals surface area contributed by atoms with Gasteiger partial charge in [0.25, 0.3) is 0 Å². The fourth-order valence-electron chi connectivity index (χ4n) is 2.15. The summed E-state index contributed by atoms with van der Waals surface area (Å²) in [7, 11) is -1.78. The lowest BCUT2D eigenvalue weighted by Gasteiger charge is -2.12. The Morgan fingerprint density at radius 3 is 2.40 bits per heavy atom. The molecule has 25 heavy (non-hydrogen) atoms. The molecule has 0 amide bonds. The summed E-state index contributed by atoms with van der Waals surface area (Å²) in [6, 6.07) is 12.6. The summed E-state index contributed by atoms with van der Waals surface area (Å²) in [4.78, 5) is 7.01. The second-order valence-electron chi connectivity index (χ2n) is 5.28. The lowest BCUT2D eigenvalue weighted by molar-refractivity contribution is 0.580. The molecule has 6 nitrogen and oxygen atoms in total. The van der Waals surface area contributed by atoms with Gasteiger partial charge in [0.15, 0.2) is 5.96 Å². The van der Waals surface area contributed by atoms with E-state index in [1.165, 1.54) is 9.75 Å². The number of guanidine groups is 1. The van der Waals surface area contributed by atoms with Gasteiger partial charge in [-0.2, -0.15) is 0 Å². The topological polar surface area (TPSA) is 82.6 Å². The van der Waals surface area contributed by atoms with Gasteiger partial charge in [-0.05, 0) is 30.7 Å².